The summed E-state index contributed by atoms with van der Waals surface area (Å²) in [6, 6.07) is -0.136. The van der Waals surface area contributed by atoms with E-state index in [9.17, 15) is 19.8 Å². The van der Waals surface area contributed by atoms with E-state index in [1.165, 1.54) is 0 Å². The number of aliphatic hydroxyl groups is 1. The van der Waals surface area contributed by atoms with E-state index in [4.69, 9.17) is 0 Å². The van der Waals surface area contributed by atoms with Crippen molar-refractivity contribution >= 4 is 12.0 Å². The summed E-state index contributed by atoms with van der Waals surface area (Å²) in [4.78, 5) is 26.7. The lowest BCUT2D eigenvalue weighted by atomic mass is 9.84. The highest BCUT2D eigenvalue weighted by atomic mass is 16.4. The number of hydrogen-bond donors (Lipinski definition) is 2. The Labute approximate surface area is 106 Å². The first kappa shape index (κ1) is 13.1. The van der Waals surface area contributed by atoms with Crippen molar-refractivity contribution in [3.8, 4) is 0 Å². The molecule has 0 spiro atoms. The van der Waals surface area contributed by atoms with Gasteiger partial charge in [0.2, 0.25) is 0 Å². The van der Waals surface area contributed by atoms with Crippen LogP contribution in [0.1, 0.15) is 26.2 Å². The predicted octanol–water partition coefficient (Wildman–Crippen LogP) is 0.360. The number of carbonyl (C=O) groups is 2. The third kappa shape index (κ3) is 2.16. The highest BCUT2D eigenvalue weighted by Gasteiger charge is 2.45. The van der Waals surface area contributed by atoms with E-state index in [-0.39, 0.29) is 12.6 Å². The summed E-state index contributed by atoms with van der Waals surface area (Å²) in [6.07, 6.45) is 1.22. The number of carbonyl (C=O) groups excluding carboxylic acids is 1. The van der Waals surface area contributed by atoms with Gasteiger partial charge in [0, 0.05) is 26.2 Å². The van der Waals surface area contributed by atoms with Crippen molar-refractivity contribution in [3.63, 3.8) is 0 Å². The predicted molar refractivity (Wildman–Crippen MR) is 64.1 cm³/mol. The van der Waals surface area contributed by atoms with Crippen LogP contribution in [-0.4, -0.2) is 64.3 Å². The number of carboxylic acid groups (broad SMARTS) is 1. The van der Waals surface area contributed by atoms with Crippen molar-refractivity contribution in [1.29, 1.82) is 0 Å². The Bertz CT molecular complexity index is 360. The monoisotopic (exact) mass is 256 g/mol. The number of urea groups is 1. The topological polar surface area (TPSA) is 81.1 Å². The molecule has 6 nitrogen and oxygen atoms in total. The normalized spacial score (nSPS) is 32.0. The smallest absolute Gasteiger partial charge is 0.320 e. The molecule has 0 bridgehead atoms. The lowest BCUT2D eigenvalue weighted by molar-refractivity contribution is -0.148. The van der Waals surface area contributed by atoms with Crippen LogP contribution in [0.15, 0.2) is 0 Å². The molecular formula is C12H20N2O4. The van der Waals surface area contributed by atoms with Gasteiger partial charge in [0.25, 0.3) is 0 Å². The molecule has 0 aromatic rings. The molecule has 0 aromatic heterocycles. The second kappa shape index (κ2) is 4.76. The minimum Gasteiger partial charge on any atom is -0.481 e. The van der Waals surface area contributed by atoms with Crippen LogP contribution in [0.5, 0.6) is 0 Å². The zero-order chi connectivity index (χ0) is 13.3. The lowest BCUT2D eigenvalue weighted by Gasteiger charge is -2.26. The molecule has 2 heterocycles. The molecule has 6 heteroatoms. The molecule has 2 amide bonds. The van der Waals surface area contributed by atoms with Gasteiger partial charge in [-0.1, -0.05) is 6.92 Å². The van der Waals surface area contributed by atoms with Crippen molar-refractivity contribution in [2.24, 2.45) is 5.41 Å². The van der Waals surface area contributed by atoms with Crippen LogP contribution < -0.4 is 0 Å². The van der Waals surface area contributed by atoms with Crippen LogP contribution in [0, 0.1) is 5.41 Å². The van der Waals surface area contributed by atoms with E-state index in [2.05, 4.69) is 0 Å². The van der Waals surface area contributed by atoms with E-state index >= 15 is 0 Å². The molecule has 0 radical (unpaired) electrons. The molecule has 0 aliphatic carbocycles. The molecule has 2 N–H and O–H groups in total. The van der Waals surface area contributed by atoms with Crippen LogP contribution in [-0.2, 0) is 4.79 Å². The fourth-order valence-electron chi connectivity index (χ4n) is 2.77. The molecule has 18 heavy (non-hydrogen) atoms. The summed E-state index contributed by atoms with van der Waals surface area (Å²) in [6.45, 7) is 3.54. The first-order chi connectivity index (χ1) is 8.48. The van der Waals surface area contributed by atoms with Gasteiger partial charge in [-0.05, 0) is 19.3 Å². The third-order valence-electron chi connectivity index (χ3n) is 4.19. The maximum absolute atomic E-state index is 12.2. The van der Waals surface area contributed by atoms with Gasteiger partial charge in [0.05, 0.1) is 11.5 Å². The first-order valence-electron chi connectivity index (χ1n) is 6.44. The van der Waals surface area contributed by atoms with Gasteiger partial charge in [-0.15, -0.1) is 0 Å². The standard InChI is InChI=1S/C12H20N2O4/c1-2-12(10(16)17)4-6-14(8-12)11(18)13-5-3-9(15)7-13/h9,15H,2-8H2,1H3,(H,16,17). The van der Waals surface area contributed by atoms with E-state index in [1.807, 2.05) is 6.92 Å². The first-order valence-corrected chi connectivity index (χ1v) is 6.44. The highest BCUT2D eigenvalue weighted by Crippen LogP contribution is 2.34. The van der Waals surface area contributed by atoms with Crippen LogP contribution in [0.2, 0.25) is 0 Å². The summed E-state index contributed by atoms with van der Waals surface area (Å²) < 4.78 is 0. The molecule has 2 saturated heterocycles. The van der Waals surface area contributed by atoms with E-state index in [0.717, 1.165) is 0 Å². The lowest BCUT2D eigenvalue weighted by Crippen LogP contribution is -2.43. The van der Waals surface area contributed by atoms with Gasteiger partial charge < -0.3 is 20.0 Å². The van der Waals surface area contributed by atoms with Gasteiger partial charge in [-0.25, -0.2) is 4.79 Å². The largest absolute Gasteiger partial charge is 0.481 e. The number of hydrogen-bond acceptors (Lipinski definition) is 3. The number of aliphatic carboxylic acids is 1. The summed E-state index contributed by atoms with van der Waals surface area (Å²) in [5, 5.41) is 18.7. The molecule has 2 aliphatic rings. The summed E-state index contributed by atoms with van der Waals surface area (Å²) in [5.74, 6) is -0.818. The maximum Gasteiger partial charge on any atom is 0.320 e. The Morgan fingerprint density at radius 3 is 2.50 bits per heavy atom. The minimum atomic E-state index is -0.818. The highest BCUT2D eigenvalue weighted by molar-refractivity contribution is 5.80. The van der Waals surface area contributed by atoms with Crippen LogP contribution >= 0.6 is 0 Å². The Kier molecular flexibility index (Phi) is 3.47. The third-order valence-corrected chi connectivity index (χ3v) is 4.19. The van der Waals surface area contributed by atoms with Gasteiger partial charge in [0.15, 0.2) is 0 Å². The fraction of sp³-hybridized carbons (Fsp3) is 0.833. The summed E-state index contributed by atoms with van der Waals surface area (Å²) in [7, 11) is 0. The van der Waals surface area contributed by atoms with Crippen molar-refractivity contribution in [2.75, 3.05) is 26.2 Å². The second-order valence-electron chi connectivity index (χ2n) is 5.28. The van der Waals surface area contributed by atoms with Crippen molar-refractivity contribution in [2.45, 2.75) is 32.3 Å². The maximum atomic E-state index is 12.2. The number of nitrogens with zero attached hydrogens (tertiary/aromatic N) is 2. The molecule has 0 aromatic carbocycles. The summed E-state index contributed by atoms with van der Waals surface area (Å²) in [5.41, 5.74) is -0.784. The quantitative estimate of drug-likeness (QED) is 0.747. The zero-order valence-electron chi connectivity index (χ0n) is 10.6. The zero-order valence-corrected chi connectivity index (χ0v) is 10.6. The Balaban J connectivity index is 2.00. The fourth-order valence-corrected chi connectivity index (χ4v) is 2.77. The van der Waals surface area contributed by atoms with Crippen molar-refractivity contribution in [1.82, 2.24) is 9.80 Å². The van der Waals surface area contributed by atoms with Crippen LogP contribution in [0.4, 0.5) is 4.79 Å². The molecule has 102 valence electrons. The molecule has 2 rings (SSSR count). The number of amides is 2. The van der Waals surface area contributed by atoms with E-state index < -0.39 is 17.5 Å². The van der Waals surface area contributed by atoms with Gasteiger partial charge >= 0.3 is 12.0 Å². The molecule has 2 unspecified atom stereocenters. The number of carboxylic acids is 1. The van der Waals surface area contributed by atoms with Crippen molar-refractivity contribution < 1.29 is 19.8 Å². The van der Waals surface area contributed by atoms with Crippen LogP contribution in [0.25, 0.3) is 0 Å². The Morgan fingerprint density at radius 1 is 1.33 bits per heavy atom. The number of rotatable bonds is 2. The van der Waals surface area contributed by atoms with Gasteiger partial charge in [0.1, 0.15) is 0 Å². The molecule has 2 aliphatic heterocycles. The van der Waals surface area contributed by atoms with Crippen molar-refractivity contribution in [3.05, 3.63) is 0 Å². The van der Waals surface area contributed by atoms with Gasteiger partial charge in [-0.2, -0.15) is 0 Å². The Morgan fingerprint density at radius 2 is 2.06 bits per heavy atom. The average molecular weight is 256 g/mol. The molecule has 0 saturated carbocycles. The SMILES string of the molecule is CCC1(C(=O)O)CCN(C(=O)N2CCC(O)C2)C1. The van der Waals surface area contributed by atoms with Crippen LogP contribution in [0.3, 0.4) is 0 Å². The number of aliphatic hydroxyl groups excluding tert-OH is 1. The minimum absolute atomic E-state index is 0.136. The molecule has 2 atom stereocenters. The average Bonchev–Trinajstić information content (AvgIpc) is 2.95. The van der Waals surface area contributed by atoms with E-state index in [1.54, 1.807) is 9.80 Å². The summed E-state index contributed by atoms with van der Waals surface area (Å²) >= 11 is 0. The van der Waals surface area contributed by atoms with E-state index in [0.29, 0.717) is 38.9 Å². The Hall–Kier alpha value is -1.30. The second-order valence-corrected chi connectivity index (χ2v) is 5.28. The molecular weight excluding hydrogens is 236 g/mol. The number of likely N-dealkylation sites (tertiary alicyclic amines) is 2. The van der Waals surface area contributed by atoms with Gasteiger partial charge in [-0.3, -0.25) is 4.79 Å². The molecule has 2 fully saturated rings. The number of β-amino-alcohol motifs (C(OH)–C–C–N with tert-alkyl or cyclic N) is 1.